The maximum absolute atomic E-state index is 13.4. The standard InChI is InChI=1S/C26H33N3O5/c1-17-14-29(19(3)30)18(2)16-34-23-12-11-21(27-25(31)20-9-7-6-8-10-20)13-22(23)26(32)28(4)15-24(17)33-5/h6-13,17-18,24H,14-16H2,1-5H3,(H,27,31)/t17-,18-,24+/m1/s1. The minimum Gasteiger partial charge on any atom is -0.491 e. The number of amides is 3. The highest BCUT2D eigenvalue weighted by Gasteiger charge is 2.29. The molecule has 0 radical (unpaired) electrons. The molecule has 2 aromatic rings. The number of carbonyl (C=O) groups is 3. The highest BCUT2D eigenvalue weighted by molar-refractivity contribution is 6.05. The molecule has 8 nitrogen and oxygen atoms in total. The number of methoxy groups -OCH3 is 1. The van der Waals surface area contributed by atoms with Crippen LogP contribution in [-0.2, 0) is 9.53 Å². The number of rotatable bonds is 3. The van der Waals surface area contributed by atoms with Crippen LogP contribution in [-0.4, -0.2) is 73.5 Å². The van der Waals surface area contributed by atoms with Crippen molar-refractivity contribution in [3.05, 3.63) is 59.7 Å². The molecular formula is C26H33N3O5. The van der Waals surface area contributed by atoms with Crippen LogP contribution in [0.15, 0.2) is 48.5 Å². The number of carbonyl (C=O) groups excluding carboxylic acids is 3. The zero-order chi connectivity index (χ0) is 24.8. The van der Waals surface area contributed by atoms with Gasteiger partial charge in [-0.05, 0) is 37.3 Å². The molecule has 1 N–H and O–H groups in total. The fourth-order valence-electron chi connectivity index (χ4n) is 4.09. The first kappa shape index (κ1) is 25.2. The lowest BCUT2D eigenvalue weighted by molar-refractivity contribution is -0.133. The van der Waals surface area contributed by atoms with Crippen LogP contribution in [0.3, 0.4) is 0 Å². The summed E-state index contributed by atoms with van der Waals surface area (Å²) < 4.78 is 11.7. The first-order valence-corrected chi connectivity index (χ1v) is 11.4. The summed E-state index contributed by atoms with van der Waals surface area (Å²) in [7, 11) is 3.32. The summed E-state index contributed by atoms with van der Waals surface area (Å²) in [4.78, 5) is 41.7. The van der Waals surface area contributed by atoms with Gasteiger partial charge in [-0.15, -0.1) is 0 Å². The van der Waals surface area contributed by atoms with Crippen molar-refractivity contribution in [3.63, 3.8) is 0 Å². The fourth-order valence-corrected chi connectivity index (χ4v) is 4.09. The lowest BCUT2D eigenvalue weighted by atomic mass is 10.0. The molecule has 3 atom stereocenters. The third-order valence-corrected chi connectivity index (χ3v) is 6.14. The Morgan fingerprint density at radius 1 is 1.09 bits per heavy atom. The average Bonchev–Trinajstić information content (AvgIpc) is 2.83. The van der Waals surface area contributed by atoms with Crippen molar-refractivity contribution >= 4 is 23.4 Å². The van der Waals surface area contributed by atoms with Gasteiger partial charge in [-0.3, -0.25) is 14.4 Å². The normalized spacial score (nSPS) is 21.6. The van der Waals surface area contributed by atoms with Crippen LogP contribution in [0.2, 0.25) is 0 Å². The van der Waals surface area contributed by atoms with Crippen LogP contribution in [0.1, 0.15) is 41.5 Å². The molecule has 8 heteroatoms. The van der Waals surface area contributed by atoms with E-state index in [1.54, 1.807) is 73.3 Å². The maximum atomic E-state index is 13.4. The van der Waals surface area contributed by atoms with Crippen LogP contribution in [0, 0.1) is 5.92 Å². The van der Waals surface area contributed by atoms with E-state index < -0.39 is 0 Å². The van der Waals surface area contributed by atoms with Gasteiger partial charge in [-0.25, -0.2) is 0 Å². The minimum absolute atomic E-state index is 0.00184. The van der Waals surface area contributed by atoms with Crippen molar-refractivity contribution in [3.8, 4) is 5.75 Å². The third kappa shape index (κ3) is 5.94. The van der Waals surface area contributed by atoms with E-state index in [4.69, 9.17) is 9.47 Å². The van der Waals surface area contributed by atoms with Crippen LogP contribution >= 0.6 is 0 Å². The molecule has 0 fully saturated rings. The molecule has 2 aromatic carbocycles. The van der Waals surface area contributed by atoms with Gasteiger partial charge in [0.25, 0.3) is 11.8 Å². The topological polar surface area (TPSA) is 88.2 Å². The van der Waals surface area contributed by atoms with Crippen molar-refractivity contribution in [2.45, 2.75) is 32.9 Å². The van der Waals surface area contributed by atoms with E-state index in [9.17, 15) is 14.4 Å². The highest BCUT2D eigenvalue weighted by Crippen LogP contribution is 2.26. The summed E-state index contributed by atoms with van der Waals surface area (Å²) in [6.07, 6.45) is -0.257. The largest absolute Gasteiger partial charge is 0.491 e. The first-order valence-electron chi connectivity index (χ1n) is 11.4. The molecule has 0 bridgehead atoms. The van der Waals surface area contributed by atoms with Crippen molar-refractivity contribution in [1.29, 1.82) is 0 Å². The maximum Gasteiger partial charge on any atom is 0.257 e. The SMILES string of the molecule is CO[C@H]1CN(C)C(=O)c2cc(NC(=O)c3ccccc3)ccc2OC[C@@H](C)N(C(C)=O)C[C@H]1C. The Morgan fingerprint density at radius 3 is 2.44 bits per heavy atom. The van der Waals surface area contributed by atoms with Crippen molar-refractivity contribution in [1.82, 2.24) is 9.80 Å². The summed E-state index contributed by atoms with van der Waals surface area (Å²) in [5, 5.41) is 2.85. The number of anilines is 1. The average molecular weight is 468 g/mol. The van der Waals surface area contributed by atoms with Gasteiger partial charge in [0.2, 0.25) is 5.91 Å². The molecule has 0 saturated carbocycles. The van der Waals surface area contributed by atoms with Crippen LogP contribution in [0.4, 0.5) is 5.69 Å². The Morgan fingerprint density at radius 2 is 1.79 bits per heavy atom. The van der Waals surface area contributed by atoms with Gasteiger partial charge in [-0.1, -0.05) is 25.1 Å². The molecular weight excluding hydrogens is 434 g/mol. The van der Waals surface area contributed by atoms with Gasteiger partial charge in [0.05, 0.1) is 17.7 Å². The Kier molecular flexibility index (Phi) is 8.28. The molecule has 34 heavy (non-hydrogen) atoms. The van der Waals surface area contributed by atoms with E-state index in [2.05, 4.69) is 5.32 Å². The van der Waals surface area contributed by atoms with Crippen molar-refractivity contribution in [2.75, 3.05) is 39.2 Å². The minimum atomic E-state index is -0.269. The number of benzene rings is 2. The van der Waals surface area contributed by atoms with E-state index in [1.807, 2.05) is 19.9 Å². The molecule has 0 saturated heterocycles. The molecule has 3 amide bonds. The van der Waals surface area contributed by atoms with Crippen molar-refractivity contribution in [2.24, 2.45) is 5.92 Å². The summed E-state index contributed by atoms with van der Waals surface area (Å²) in [5.74, 6) is -0.154. The number of likely N-dealkylation sites (N-methyl/N-ethyl adjacent to an activating group) is 1. The van der Waals surface area contributed by atoms with E-state index in [1.165, 1.54) is 0 Å². The Hall–Kier alpha value is -3.39. The first-order chi connectivity index (χ1) is 16.2. The predicted molar refractivity (Wildman–Crippen MR) is 130 cm³/mol. The van der Waals surface area contributed by atoms with Gasteiger partial charge in [0.15, 0.2) is 0 Å². The van der Waals surface area contributed by atoms with Crippen LogP contribution in [0.5, 0.6) is 5.75 Å². The number of ether oxygens (including phenoxy) is 2. The molecule has 1 heterocycles. The molecule has 1 aliphatic heterocycles. The van der Waals surface area contributed by atoms with E-state index in [0.717, 1.165) is 0 Å². The quantitative estimate of drug-likeness (QED) is 0.748. The number of fused-ring (bicyclic) bond motifs is 1. The van der Waals surface area contributed by atoms with Crippen molar-refractivity contribution < 1.29 is 23.9 Å². The lowest BCUT2D eigenvalue weighted by Crippen LogP contribution is -2.48. The predicted octanol–water partition coefficient (Wildman–Crippen LogP) is 3.29. The monoisotopic (exact) mass is 467 g/mol. The number of nitrogens with one attached hydrogen (secondary N) is 1. The summed E-state index contributed by atoms with van der Waals surface area (Å²) in [5.41, 5.74) is 1.34. The fraction of sp³-hybridized carbons (Fsp3) is 0.423. The number of hydrogen-bond donors (Lipinski definition) is 1. The third-order valence-electron chi connectivity index (χ3n) is 6.14. The number of nitrogens with zero attached hydrogens (tertiary/aromatic N) is 2. The zero-order valence-electron chi connectivity index (χ0n) is 20.4. The van der Waals surface area contributed by atoms with E-state index in [-0.39, 0.29) is 42.4 Å². The van der Waals surface area contributed by atoms with Gasteiger partial charge in [0, 0.05) is 51.3 Å². The lowest BCUT2D eigenvalue weighted by Gasteiger charge is -2.35. The molecule has 182 valence electrons. The highest BCUT2D eigenvalue weighted by atomic mass is 16.5. The Labute approximate surface area is 200 Å². The molecule has 3 rings (SSSR count). The van der Waals surface area contributed by atoms with Gasteiger partial charge < -0.3 is 24.6 Å². The zero-order valence-corrected chi connectivity index (χ0v) is 20.4. The van der Waals surface area contributed by atoms with Gasteiger partial charge in [0.1, 0.15) is 12.4 Å². The summed E-state index contributed by atoms with van der Waals surface area (Å²) in [6, 6.07) is 13.7. The number of hydrogen-bond acceptors (Lipinski definition) is 5. The second-order valence-electron chi connectivity index (χ2n) is 8.80. The summed E-state index contributed by atoms with van der Waals surface area (Å²) in [6.45, 7) is 6.54. The van der Waals surface area contributed by atoms with Gasteiger partial charge >= 0.3 is 0 Å². The molecule has 0 aliphatic carbocycles. The molecule has 0 spiro atoms. The Balaban J connectivity index is 1.94. The molecule has 1 aliphatic rings. The summed E-state index contributed by atoms with van der Waals surface area (Å²) >= 11 is 0. The van der Waals surface area contributed by atoms with Crippen LogP contribution in [0.25, 0.3) is 0 Å². The second-order valence-corrected chi connectivity index (χ2v) is 8.80. The van der Waals surface area contributed by atoms with E-state index >= 15 is 0 Å². The Bertz CT molecular complexity index is 1030. The van der Waals surface area contributed by atoms with E-state index in [0.29, 0.717) is 35.7 Å². The molecule has 0 unspecified atom stereocenters. The smallest absolute Gasteiger partial charge is 0.257 e. The molecule has 0 aromatic heterocycles. The second kappa shape index (κ2) is 11.2. The van der Waals surface area contributed by atoms with Crippen LogP contribution < -0.4 is 10.1 Å². The van der Waals surface area contributed by atoms with Gasteiger partial charge in [-0.2, -0.15) is 0 Å².